The fourth-order valence-electron chi connectivity index (χ4n) is 9.89. The van der Waals surface area contributed by atoms with Gasteiger partial charge in [0.05, 0.1) is 24.2 Å². The molecule has 0 aromatic heterocycles. The number of piperazine rings is 2. The normalized spacial score (nSPS) is 20.3. The maximum atomic E-state index is 13.4. The number of nitrogens with one attached hydrogen (secondary N) is 2. The van der Waals surface area contributed by atoms with Crippen LogP contribution in [0.25, 0.3) is 0 Å². The van der Waals surface area contributed by atoms with Gasteiger partial charge in [0, 0.05) is 52.1 Å². The number of carbonyl (C=O) groups excluding carboxylic acids is 6. The molecule has 4 heterocycles. The Morgan fingerprint density at radius 1 is 0.603 bits per heavy atom. The van der Waals surface area contributed by atoms with E-state index in [1.165, 1.54) is 19.6 Å². The van der Waals surface area contributed by atoms with E-state index < -0.39 is 60.0 Å². The van der Waals surface area contributed by atoms with Gasteiger partial charge >= 0.3 is 24.4 Å². The number of halogens is 6. The number of carbonyl (C=O) groups is 6. The molecule has 4 fully saturated rings. The van der Waals surface area contributed by atoms with Crippen LogP contribution in [-0.4, -0.2) is 122 Å². The van der Waals surface area contributed by atoms with Gasteiger partial charge in [0.2, 0.25) is 23.6 Å². The molecule has 8 amide bonds. The van der Waals surface area contributed by atoms with E-state index in [1.807, 2.05) is 60.7 Å². The number of nitrogens with two attached hydrogens (primary N) is 1. The molecule has 4 aromatic rings. The molecule has 4 atom stereocenters. The van der Waals surface area contributed by atoms with Crippen molar-refractivity contribution in [1.82, 2.24) is 40.0 Å². The molecular weight excluding hydrogens is 961 g/mol. The predicted molar refractivity (Wildman–Crippen MR) is 256 cm³/mol. The second-order valence-electron chi connectivity index (χ2n) is 18.7. The van der Waals surface area contributed by atoms with Crippen molar-refractivity contribution in [2.24, 2.45) is 5.73 Å². The zero-order valence-corrected chi connectivity index (χ0v) is 40.7. The smallest absolute Gasteiger partial charge is 0.334 e. The first-order valence-electron chi connectivity index (χ1n) is 24.0. The first-order chi connectivity index (χ1) is 34.6. The van der Waals surface area contributed by atoms with E-state index >= 15 is 0 Å². The first kappa shape index (κ1) is 53.6. The molecule has 4 aliphatic heterocycles. The van der Waals surface area contributed by atoms with Crippen molar-refractivity contribution < 1.29 is 55.1 Å². The van der Waals surface area contributed by atoms with Crippen LogP contribution in [-0.2, 0) is 57.7 Å². The summed E-state index contributed by atoms with van der Waals surface area (Å²) < 4.78 is 79.2. The Bertz CT molecular complexity index is 2660. The van der Waals surface area contributed by atoms with E-state index in [2.05, 4.69) is 10.6 Å². The van der Waals surface area contributed by atoms with Crippen LogP contribution in [0.1, 0.15) is 77.1 Å². The molecule has 73 heavy (non-hydrogen) atoms. The van der Waals surface area contributed by atoms with Gasteiger partial charge < -0.3 is 45.8 Å². The number of rotatable bonds is 11. The highest BCUT2D eigenvalue weighted by Crippen LogP contribution is 2.33. The number of fused-ring (bicyclic) bond motifs is 2. The van der Waals surface area contributed by atoms with Gasteiger partial charge in [-0.2, -0.15) is 26.3 Å². The van der Waals surface area contributed by atoms with Gasteiger partial charge in [-0.05, 0) is 86.7 Å². The quantitative estimate of drug-likeness (QED) is 0.140. The van der Waals surface area contributed by atoms with Crippen LogP contribution in [0.5, 0.6) is 0 Å². The van der Waals surface area contributed by atoms with Gasteiger partial charge in [-0.25, -0.2) is 9.59 Å². The third-order valence-corrected chi connectivity index (χ3v) is 13.3. The minimum atomic E-state index is -4.49. The Labute approximate surface area is 419 Å². The van der Waals surface area contributed by atoms with Gasteiger partial charge in [-0.3, -0.25) is 19.2 Å². The average Bonchev–Trinajstić information content (AvgIpc) is 3.34. The van der Waals surface area contributed by atoms with Crippen LogP contribution < -0.4 is 16.4 Å². The van der Waals surface area contributed by atoms with E-state index in [9.17, 15) is 55.1 Å². The van der Waals surface area contributed by atoms with Crippen molar-refractivity contribution >= 4 is 35.7 Å². The van der Waals surface area contributed by atoms with E-state index in [-0.39, 0.29) is 75.7 Å². The minimum absolute atomic E-state index is 0.0533. The standard InChI is InChI=1S/C27H32F3N5O3.C25H27F3N4O3/c1-18-12-20(14-21(13-18)27(28,29)30)15-32-26(38)34-11-9-24(36)35-22(8-5-10-31)25(37)33(17-23(34)35)16-19-6-3-2-4-7-19;1-16-10-19(12-20(11-16)25(26,27)28)13-29-24(35)31-9-8-22(33)32-17(2)23(34)30(15-21(31)32)14-18-6-4-3-5-7-18/h2-4,6-7,12-14,22-23H,5,8-11,15-17,31H2,1H3,(H,32,38);3-7,10-12,17,21H,8-9,13-15H2,1-2H3,(H,29,35)/t22-,23+;17-,21+/m00/s1. The SMILES string of the molecule is Cc1cc(CNC(=O)N2CCC(=O)N3[C@@H]2CN(Cc2ccccc2)C(=O)[C@@H]3C)cc(C(F)(F)F)c1.Cc1cc(CNC(=O)N2CCC(=O)N3[C@@H]2CN(Cc2ccccc2)C(=O)[C@@H]3CCCN)cc(C(F)(F)F)c1. The summed E-state index contributed by atoms with van der Waals surface area (Å²) in [6, 6.07) is 23.7. The predicted octanol–water partition coefficient (Wildman–Crippen LogP) is 6.75. The van der Waals surface area contributed by atoms with Crippen molar-refractivity contribution in [1.29, 1.82) is 0 Å². The Morgan fingerprint density at radius 3 is 1.47 bits per heavy atom. The molecule has 0 spiro atoms. The van der Waals surface area contributed by atoms with Gasteiger partial charge in [0.25, 0.3) is 0 Å². The molecule has 0 saturated carbocycles. The number of nitrogens with zero attached hydrogens (tertiary/aromatic N) is 6. The molecule has 0 aliphatic carbocycles. The Balaban J connectivity index is 0.000000214. The highest BCUT2D eigenvalue weighted by molar-refractivity contribution is 5.92. The molecule has 0 radical (unpaired) electrons. The minimum Gasteiger partial charge on any atom is -0.334 e. The largest absolute Gasteiger partial charge is 0.416 e. The molecule has 8 rings (SSSR count). The van der Waals surface area contributed by atoms with Crippen molar-refractivity contribution in [3.8, 4) is 0 Å². The van der Waals surface area contributed by atoms with Crippen LogP contribution in [0.15, 0.2) is 97.1 Å². The number of hydrogen-bond donors (Lipinski definition) is 3. The maximum Gasteiger partial charge on any atom is 0.416 e. The van der Waals surface area contributed by atoms with Crippen LogP contribution in [0.4, 0.5) is 35.9 Å². The lowest BCUT2D eigenvalue weighted by Crippen LogP contribution is -2.71. The molecule has 4 aromatic carbocycles. The summed E-state index contributed by atoms with van der Waals surface area (Å²) in [6.45, 7) is 6.21. The Morgan fingerprint density at radius 2 is 1.03 bits per heavy atom. The molecule has 21 heteroatoms. The van der Waals surface area contributed by atoms with Crippen molar-refractivity contribution in [2.75, 3.05) is 32.7 Å². The van der Waals surface area contributed by atoms with Crippen LogP contribution >= 0.6 is 0 Å². The number of urea groups is 2. The summed E-state index contributed by atoms with van der Waals surface area (Å²) in [5.74, 6) is -0.788. The number of amides is 8. The zero-order chi connectivity index (χ0) is 52.8. The average molecular weight is 1020 g/mol. The summed E-state index contributed by atoms with van der Waals surface area (Å²) in [7, 11) is 0. The fraction of sp³-hybridized carbons (Fsp3) is 0.423. The molecule has 4 saturated heterocycles. The van der Waals surface area contributed by atoms with Crippen molar-refractivity contribution in [3.05, 3.63) is 142 Å². The first-order valence-corrected chi connectivity index (χ1v) is 24.0. The van der Waals surface area contributed by atoms with E-state index in [0.717, 1.165) is 35.4 Å². The number of hydrogen-bond acceptors (Lipinski definition) is 7. The highest BCUT2D eigenvalue weighted by atomic mass is 19.4. The topological polar surface area (TPSA) is 172 Å². The lowest BCUT2D eigenvalue weighted by molar-refractivity contribution is -0.167. The van der Waals surface area contributed by atoms with Crippen molar-refractivity contribution in [2.45, 2.75) is 109 Å². The Kier molecular flexibility index (Phi) is 16.7. The molecule has 0 bridgehead atoms. The molecule has 15 nitrogen and oxygen atoms in total. The Hall–Kier alpha value is -7.16. The third kappa shape index (κ3) is 12.9. The van der Waals surface area contributed by atoms with Crippen LogP contribution in [0, 0.1) is 13.8 Å². The van der Waals surface area contributed by atoms with Gasteiger partial charge in [0.1, 0.15) is 24.4 Å². The molecule has 390 valence electrons. The van der Waals surface area contributed by atoms with Crippen LogP contribution in [0.3, 0.4) is 0 Å². The summed E-state index contributed by atoms with van der Waals surface area (Å²) in [5, 5.41) is 5.41. The van der Waals surface area contributed by atoms with E-state index in [0.29, 0.717) is 54.7 Å². The lowest BCUT2D eigenvalue weighted by atomic mass is 9.99. The number of aryl methyl sites for hydroxylation is 2. The highest BCUT2D eigenvalue weighted by Gasteiger charge is 2.49. The second-order valence-corrected chi connectivity index (χ2v) is 18.7. The van der Waals surface area contributed by atoms with E-state index in [4.69, 9.17) is 5.73 Å². The summed E-state index contributed by atoms with van der Waals surface area (Å²) in [6.07, 6.45) is -9.28. The molecule has 0 unspecified atom stereocenters. The third-order valence-electron chi connectivity index (χ3n) is 13.3. The summed E-state index contributed by atoms with van der Waals surface area (Å²) >= 11 is 0. The van der Waals surface area contributed by atoms with Crippen molar-refractivity contribution in [3.63, 3.8) is 0 Å². The zero-order valence-electron chi connectivity index (χ0n) is 40.7. The van der Waals surface area contributed by atoms with Gasteiger partial charge in [-0.15, -0.1) is 0 Å². The maximum absolute atomic E-state index is 13.4. The summed E-state index contributed by atoms with van der Waals surface area (Å²) in [4.78, 5) is 87.7. The second kappa shape index (κ2) is 22.7. The molecule has 4 aliphatic rings. The van der Waals surface area contributed by atoms with Gasteiger partial charge in [0.15, 0.2) is 0 Å². The fourth-order valence-corrected chi connectivity index (χ4v) is 9.89. The lowest BCUT2D eigenvalue weighted by Gasteiger charge is -2.52. The molecule has 4 N–H and O–H groups in total. The number of alkyl halides is 6. The summed E-state index contributed by atoms with van der Waals surface area (Å²) in [5.41, 5.74) is 7.52. The molecular formula is C52H59F6N9O6. The van der Waals surface area contributed by atoms with E-state index in [1.54, 1.807) is 42.7 Å². The monoisotopic (exact) mass is 1020 g/mol. The van der Waals surface area contributed by atoms with Gasteiger partial charge in [-0.1, -0.05) is 83.9 Å². The number of benzene rings is 4. The van der Waals surface area contributed by atoms with Crippen LogP contribution in [0.2, 0.25) is 0 Å².